The minimum Gasteiger partial charge on any atom is -0.494 e. The summed E-state index contributed by atoms with van der Waals surface area (Å²) in [5.74, 6) is 1.85. The Hall–Kier alpha value is -1.06. The Morgan fingerprint density at radius 1 is 1.26 bits per heavy atom. The van der Waals surface area contributed by atoms with Gasteiger partial charge in [-0.1, -0.05) is 12.1 Å². The van der Waals surface area contributed by atoms with Crippen molar-refractivity contribution in [3.8, 4) is 5.75 Å². The molecule has 19 heavy (non-hydrogen) atoms. The summed E-state index contributed by atoms with van der Waals surface area (Å²) in [5, 5.41) is 3.62. The topological polar surface area (TPSA) is 24.5 Å². The van der Waals surface area contributed by atoms with Gasteiger partial charge in [0.2, 0.25) is 0 Å². The average Bonchev–Trinajstić information content (AvgIpc) is 2.89. The van der Waals surface area contributed by atoms with Gasteiger partial charge in [-0.15, -0.1) is 0 Å². The summed E-state index contributed by atoms with van der Waals surface area (Å²) in [6, 6.07) is 9.36. The van der Waals surface area contributed by atoms with Crippen molar-refractivity contribution in [3.05, 3.63) is 29.8 Å². The fraction of sp³-hybridized carbons (Fsp3) is 0.625. The van der Waals surface area contributed by atoms with Crippen LogP contribution >= 0.6 is 0 Å². The lowest BCUT2D eigenvalue weighted by Crippen LogP contribution is -2.43. The van der Waals surface area contributed by atoms with Crippen LogP contribution < -0.4 is 10.1 Å². The molecule has 2 saturated heterocycles. The van der Waals surface area contributed by atoms with E-state index in [1.807, 2.05) is 6.92 Å². The van der Waals surface area contributed by atoms with Gasteiger partial charge in [0.05, 0.1) is 6.61 Å². The number of piperidine rings is 1. The monoisotopic (exact) mass is 260 g/mol. The van der Waals surface area contributed by atoms with Crippen molar-refractivity contribution in [2.45, 2.75) is 32.4 Å². The summed E-state index contributed by atoms with van der Waals surface area (Å²) >= 11 is 0. The number of benzene rings is 1. The largest absolute Gasteiger partial charge is 0.494 e. The molecule has 3 heteroatoms. The Kier molecular flexibility index (Phi) is 4.04. The third kappa shape index (κ3) is 3.10. The summed E-state index contributed by atoms with van der Waals surface area (Å²) in [5.41, 5.74) is 1.40. The summed E-state index contributed by atoms with van der Waals surface area (Å²) in [6.07, 6.45) is 2.66. The molecule has 2 heterocycles. The molecule has 0 amide bonds. The quantitative estimate of drug-likeness (QED) is 0.899. The summed E-state index contributed by atoms with van der Waals surface area (Å²) in [4.78, 5) is 2.60. The minimum atomic E-state index is 0.738. The maximum absolute atomic E-state index is 5.49. The number of hydrogen-bond donors (Lipinski definition) is 1. The SMILES string of the molecule is CCOc1ccc(CN2CCC3NCCC3C2)cc1. The molecule has 0 aromatic heterocycles. The lowest BCUT2D eigenvalue weighted by molar-refractivity contribution is 0.156. The first kappa shape index (κ1) is 12.9. The van der Waals surface area contributed by atoms with Crippen LogP contribution in [0.15, 0.2) is 24.3 Å². The number of ether oxygens (including phenoxy) is 1. The van der Waals surface area contributed by atoms with Crippen LogP contribution in [0.1, 0.15) is 25.3 Å². The second-order valence-electron chi connectivity index (χ2n) is 5.71. The Morgan fingerprint density at radius 3 is 2.89 bits per heavy atom. The van der Waals surface area contributed by atoms with Crippen molar-refractivity contribution in [2.24, 2.45) is 5.92 Å². The van der Waals surface area contributed by atoms with Gasteiger partial charge in [0.15, 0.2) is 0 Å². The van der Waals surface area contributed by atoms with Crippen LogP contribution in [-0.2, 0) is 6.54 Å². The molecule has 0 spiro atoms. The first-order chi connectivity index (χ1) is 9.35. The first-order valence-electron chi connectivity index (χ1n) is 7.52. The van der Waals surface area contributed by atoms with Crippen molar-refractivity contribution in [2.75, 3.05) is 26.2 Å². The Morgan fingerprint density at radius 2 is 2.11 bits per heavy atom. The van der Waals surface area contributed by atoms with Crippen LogP contribution in [0, 0.1) is 5.92 Å². The van der Waals surface area contributed by atoms with Crippen LogP contribution in [-0.4, -0.2) is 37.2 Å². The number of fused-ring (bicyclic) bond motifs is 1. The number of rotatable bonds is 4. The van der Waals surface area contributed by atoms with E-state index in [1.54, 1.807) is 0 Å². The van der Waals surface area contributed by atoms with Gasteiger partial charge in [0.25, 0.3) is 0 Å². The number of likely N-dealkylation sites (tertiary alicyclic amines) is 1. The molecule has 0 aliphatic carbocycles. The number of nitrogens with one attached hydrogen (secondary N) is 1. The normalized spacial score (nSPS) is 27.2. The molecule has 0 radical (unpaired) electrons. The third-order valence-electron chi connectivity index (χ3n) is 4.38. The summed E-state index contributed by atoms with van der Waals surface area (Å²) < 4.78 is 5.49. The molecule has 104 valence electrons. The van der Waals surface area contributed by atoms with E-state index in [0.717, 1.165) is 30.9 Å². The highest BCUT2D eigenvalue weighted by atomic mass is 16.5. The predicted molar refractivity (Wildman–Crippen MR) is 77.4 cm³/mol. The average molecular weight is 260 g/mol. The fourth-order valence-corrected chi connectivity index (χ4v) is 3.38. The first-order valence-corrected chi connectivity index (χ1v) is 7.52. The molecule has 3 nitrogen and oxygen atoms in total. The number of nitrogens with zero attached hydrogens (tertiary/aromatic N) is 1. The predicted octanol–water partition coefficient (Wildman–Crippen LogP) is 2.27. The van der Waals surface area contributed by atoms with Gasteiger partial charge in [-0.25, -0.2) is 0 Å². The van der Waals surface area contributed by atoms with E-state index in [0.29, 0.717) is 0 Å². The second kappa shape index (κ2) is 5.93. The maximum Gasteiger partial charge on any atom is 0.119 e. The van der Waals surface area contributed by atoms with Crippen LogP contribution in [0.5, 0.6) is 5.75 Å². The van der Waals surface area contributed by atoms with Crippen molar-refractivity contribution in [3.63, 3.8) is 0 Å². The summed E-state index contributed by atoms with van der Waals surface area (Å²) in [6.45, 7) is 7.53. The Bertz CT molecular complexity index is 404. The van der Waals surface area contributed by atoms with E-state index in [1.165, 1.54) is 38.0 Å². The highest BCUT2D eigenvalue weighted by Gasteiger charge is 2.32. The van der Waals surface area contributed by atoms with Crippen LogP contribution in [0.25, 0.3) is 0 Å². The van der Waals surface area contributed by atoms with E-state index in [9.17, 15) is 0 Å². The Balaban J connectivity index is 1.56. The lowest BCUT2D eigenvalue weighted by atomic mass is 9.93. The van der Waals surface area contributed by atoms with Gasteiger partial charge in [-0.3, -0.25) is 4.90 Å². The van der Waals surface area contributed by atoms with Gasteiger partial charge >= 0.3 is 0 Å². The third-order valence-corrected chi connectivity index (χ3v) is 4.38. The van der Waals surface area contributed by atoms with Crippen molar-refractivity contribution < 1.29 is 4.74 Å². The highest BCUT2D eigenvalue weighted by Crippen LogP contribution is 2.25. The maximum atomic E-state index is 5.49. The molecule has 2 aliphatic rings. The van der Waals surface area contributed by atoms with E-state index in [-0.39, 0.29) is 0 Å². The zero-order valence-corrected chi connectivity index (χ0v) is 11.8. The van der Waals surface area contributed by atoms with E-state index in [4.69, 9.17) is 4.74 Å². The van der Waals surface area contributed by atoms with E-state index in [2.05, 4.69) is 34.5 Å². The molecule has 2 fully saturated rings. The zero-order valence-electron chi connectivity index (χ0n) is 11.8. The van der Waals surface area contributed by atoms with Gasteiger partial charge in [-0.05, 0) is 56.5 Å². The molecule has 3 rings (SSSR count). The fourth-order valence-electron chi connectivity index (χ4n) is 3.38. The standard InChI is InChI=1S/C16H24N2O/c1-2-19-15-5-3-13(4-6-15)11-18-10-8-16-14(12-18)7-9-17-16/h3-6,14,16-17H,2,7-12H2,1H3. The smallest absolute Gasteiger partial charge is 0.119 e. The molecule has 1 N–H and O–H groups in total. The molecule has 2 aliphatic heterocycles. The van der Waals surface area contributed by atoms with Gasteiger partial charge < -0.3 is 10.1 Å². The molecule has 2 unspecified atom stereocenters. The van der Waals surface area contributed by atoms with Crippen molar-refractivity contribution >= 4 is 0 Å². The lowest BCUT2D eigenvalue weighted by Gasteiger charge is -2.34. The van der Waals surface area contributed by atoms with Gasteiger partial charge in [0.1, 0.15) is 5.75 Å². The Labute approximate surface area is 115 Å². The van der Waals surface area contributed by atoms with Crippen LogP contribution in [0.3, 0.4) is 0 Å². The molecule has 1 aromatic carbocycles. The van der Waals surface area contributed by atoms with Crippen LogP contribution in [0.2, 0.25) is 0 Å². The van der Waals surface area contributed by atoms with Gasteiger partial charge in [0, 0.05) is 19.1 Å². The van der Waals surface area contributed by atoms with E-state index >= 15 is 0 Å². The van der Waals surface area contributed by atoms with Crippen molar-refractivity contribution in [1.29, 1.82) is 0 Å². The number of hydrogen-bond acceptors (Lipinski definition) is 3. The second-order valence-corrected chi connectivity index (χ2v) is 5.71. The van der Waals surface area contributed by atoms with Crippen LogP contribution in [0.4, 0.5) is 0 Å². The molecule has 2 atom stereocenters. The summed E-state index contributed by atoms with van der Waals surface area (Å²) in [7, 11) is 0. The zero-order chi connectivity index (χ0) is 13.1. The highest BCUT2D eigenvalue weighted by molar-refractivity contribution is 5.27. The minimum absolute atomic E-state index is 0.738. The van der Waals surface area contributed by atoms with Gasteiger partial charge in [-0.2, -0.15) is 0 Å². The molecule has 0 bridgehead atoms. The molecular formula is C16H24N2O. The van der Waals surface area contributed by atoms with E-state index < -0.39 is 0 Å². The van der Waals surface area contributed by atoms with Crippen molar-refractivity contribution in [1.82, 2.24) is 10.2 Å². The molecule has 1 aromatic rings. The molecular weight excluding hydrogens is 236 g/mol. The molecule has 0 saturated carbocycles.